The van der Waals surface area contributed by atoms with Crippen LogP contribution in [-0.2, 0) is 17.9 Å². The molecule has 1 aromatic heterocycles. The molecule has 0 atom stereocenters. The van der Waals surface area contributed by atoms with Gasteiger partial charge in [-0.1, -0.05) is 35.9 Å². The molecule has 0 amide bonds. The summed E-state index contributed by atoms with van der Waals surface area (Å²) in [6, 6.07) is 14.7. The van der Waals surface area contributed by atoms with E-state index in [1.54, 1.807) is 12.1 Å². The second-order valence-corrected chi connectivity index (χ2v) is 8.52. The van der Waals surface area contributed by atoms with Crippen molar-refractivity contribution in [1.82, 2.24) is 4.57 Å². The van der Waals surface area contributed by atoms with Crippen molar-refractivity contribution < 1.29 is 13.2 Å². The van der Waals surface area contributed by atoms with Crippen LogP contribution in [0.4, 0.5) is 5.69 Å². The summed E-state index contributed by atoms with van der Waals surface area (Å²) in [4.78, 5) is 13.2. The van der Waals surface area contributed by atoms with Gasteiger partial charge < -0.3 is 4.57 Å². The molecule has 1 fully saturated rings. The van der Waals surface area contributed by atoms with E-state index in [-0.39, 0.29) is 11.7 Å². The number of carbonyl (C=O) groups is 1. The Kier molecular flexibility index (Phi) is 5.23. The van der Waals surface area contributed by atoms with Gasteiger partial charge in [0.15, 0.2) is 5.78 Å². The van der Waals surface area contributed by atoms with Crippen LogP contribution < -0.4 is 4.72 Å². The summed E-state index contributed by atoms with van der Waals surface area (Å²) >= 11 is 6.05. The van der Waals surface area contributed by atoms with E-state index >= 15 is 0 Å². The van der Waals surface area contributed by atoms with Crippen molar-refractivity contribution in [2.24, 2.45) is 13.0 Å². The maximum Gasteiger partial charge on any atom is 0.222 e. The van der Waals surface area contributed by atoms with Crippen LogP contribution in [0.25, 0.3) is 22.5 Å². The van der Waals surface area contributed by atoms with E-state index in [0.29, 0.717) is 10.7 Å². The van der Waals surface area contributed by atoms with E-state index in [1.807, 2.05) is 54.9 Å². The van der Waals surface area contributed by atoms with Gasteiger partial charge in [-0.3, -0.25) is 9.52 Å². The number of anilines is 1. The fourth-order valence-corrected chi connectivity index (χ4v) is 4.33. The third kappa shape index (κ3) is 3.82. The molecule has 150 valence electrons. The van der Waals surface area contributed by atoms with Gasteiger partial charge >= 0.3 is 0 Å². The van der Waals surface area contributed by atoms with Crippen molar-refractivity contribution in [2.45, 2.75) is 19.8 Å². The highest BCUT2D eigenvalue weighted by atomic mass is 35.5. The molecule has 0 radical (unpaired) electrons. The van der Waals surface area contributed by atoms with Crippen molar-refractivity contribution in [3.63, 3.8) is 0 Å². The van der Waals surface area contributed by atoms with Gasteiger partial charge in [-0.05, 0) is 60.7 Å². The lowest BCUT2D eigenvalue weighted by molar-refractivity contribution is 0.0968. The molecule has 0 aliphatic heterocycles. The summed E-state index contributed by atoms with van der Waals surface area (Å²) in [5.74, 6) is 0.275. The van der Waals surface area contributed by atoms with Gasteiger partial charge in [0, 0.05) is 29.2 Å². The number of halogens is 1. The number of aromatic nitrogens is 1. The van der Waals surface area contributed by atoms with Gasteiger partial charge in [0.2, 0.25) is 10.9 Å². The Bertz CT molecular complexity index is 1150. The van der Waals surface area contributed by atoms with Gasteiger partial charge in [-0.15, -0.1) is 0 Å². The molecule has 1 aliphatic carbocycles. The van der Waals surface area contributed by atoms with Gasteiger partial charge in [-0.25, -0.2) is 8.42 Å². The zero-order valence-corrected chi connectivity index (χ0v) is 17.8. The Morgan fingerprint density at radius 2 is 1.55 bits per heavy atom. The molecule has 29 heavy (non-hydrogen) atoms. The summed E-state index contributed by atoms with van der Waals surface area (Å²) in [5.41, 5.74) is 5.87. The number of benzene rings is 2. The Morgan fingerprint density at radius 1 is 1.00 bits per heavy atom. The predicted molar refractivity (Wildman–Crippen MR) is 117 cm³/mol. The maximum absolute atomic E-state index is 13.2. The first-order chi connectivity index (χ1) is 13.9. The van der Waals surface area contributed by atoms with Crippen LogP contribution in [0.15, 0.2) is 48.5 Å². The topological polar surface area (TPSA) is 68.2 Å². The minimum Gasteiger partial charge on any atom is -0.343 e. The summed E-state index contributed by atoms with van der Waals surface area (Å²) in [7, 11) is -0.763. The van der Waals surface area contributed by atoms with Crippen LogP contribution in [0.5, 0.6) is 0 Å². The van der Waals surface area contributed by atoms with Crippen LogP contribution in [0, 0.1) is 12.8 Å². The quantitative estimate of drug-likeness (QED) is 0.435. The third-order valence-corrected chi connectivity index (χ3v) is 6.02. The lowest BCUT2D eigenvalue weighted by atomic mass is 9.97. The van der Waals surface area contributed by atoms with Crippen molar-refractivity contribution >= 4 is 34.0 Å². The van der Waals surface area contributed by atoms with Crippen LogP contribution in [0.2, 0.25) is 5.02 Å². The van der Waals surface area contributed by atoms with Gasteiger partial charge in [0.05, 0.1) is 11.4 Å². The maximum atomic E-state index is 13.2. The minimum atomic E-state index is -2.72. The monoisotopic (exact) mass is 428 g/mol. The Hall–Kier alpha value is -2.57. The molecule has 1 saturated carbocycles. The Labute approximate surface area is 176 Å². The fourth-order valence-electron chi connectivity index (χ4n) is 3.84. The van der Waals surface area contributed by atoms with Gasteiger partial charge in [-0.2, -0.15) is 0 Å². The first-order valence-electron chi connectivity index (χ1n) is 9.37. The summed E-state index contributed by atoms with van der Waals surface area (Å²) in [5, 5.41) is 0.662. The summed E-state index contributed by atoms with van der Waals surface area (Å²) in [6.07, 6.45) is 1.87. The van der Waals surface area contributed by atoms with Gasteiger partial charge in [0.25, 0.3) is 0 Å². The van der Waals surface area contributed by atoms with Crippen molar-refractivity contribution in [2.75, 3.05) is 4.72 Å². The molecular formula is C22H21ClN2O3S. The van der Waals surface area contributed by atoms with Crippen LogP contribution >= 0.6 is 11.6 Å². The highest BCUT2D eigenvalue weighted by Crippen LogP contribution is 2.42. The fraction of sp³-hybridized carbons (Fsp3) is 0.227. The average molecular weight is 429 g/mol. The lowest BCUT2D eigenvalue weighted by Crippen LogP contribution is -2.05. The number of nitrogens with one attached hydrogen (secondary N) is 1. The molecule has 1 aliphatic rings. The highest BCUT2D eigenvalue weighted by Gasteiger charge is 2.35. The number of nitrogens with zero attached hydrogens (tertiary/aromatic N) is 1. The number of ketones is 1. The third-order valence-electron chi connectivity index (χ3n) is 5.33. The van der Waals surface area contributed by atoms with Crippen LogP contribution in [0.1, 0.15) is 28.8 Å². The molecule has 2 aromatic carbocycles. The molecule has 0 unspecified atom stereocenters. The highest BCUT2D eigenvalue weighted by molar-refractivity contribution is 7.73. The molecular weight excluding hydrogens is 408 g/mol. The normalized spacial score (nSPS) is 13.7. The number of carbonyl (C=O) groups excluding carboxylic acids is 1. The number of hydrogen-bond acceptors (Lipinski definition) is 3. The van der Waals surface area contributed by atoms with Crippen LogP contribution in [-0.4, -0.2) is 18.8 Å². The predicted octanol–water partition coefficient (Wildman–Crippen LogP) is 4.85. The molecule has 0 spiro atoms. The minimum absolute atomic E-state index is 0.0957. The largest absolute Gasteiger partial charge is 0.343 e. The van der Waals surface area contributed by atoms with E-state index < -0.39 is 10.9 Å². The van der Waals surface area contributed by atoms with E-state index in [0.717, 1.165) is 46.5 Å². The van der Waals surface area contributed by atoms with E-state index in [9.17, 15) is 13.2 Å². The second kappa shape index (κ2) is 7.69. The molecule has 0 bridgehead atoms. The number of rotatable bonds is 6. The standard InChI is InChI=1S/C22H21ClN2O3S/c1-13-19(22(26)16-3-4-16)21(15-7-11-18(12-8-15)24-29(27)28)25(2)20(13)14-5-9-17(23)10-6-14/h5-12,16,29H,3-4H2,1-2H3,(H,24,27,28). The smallest absolute Gasteiger partial charge is 0.222 e. The van der Waals surface area contributed by atoms with E-state index in [4.69, 9.17) is 11.6 Å². The van der Waals surface area contributed by atoms with Crippen molar-refractivity contribution in [3.05, 3.63) is 64.7 Å². The summed E-state index contributed by atoms with van der Waals surface area (Å²) < 4.78 is 26.2. The molecule has 3 aromatic rings. The SMILES string of the molecule is Cc1c(C(=O)C2CC2)c(-c2ccc(N[SH](=O)=O)cc2)n(C)c1-c1ccc(Cl)cc1. The average Bonchev–Trinajstić information content (AvgIpc) is 3.49. The lowest BCUT2D eigenvalue weighted by Gasteiger charge is -2.10. The molecule has 1 N–H and O–H groups in total. The van der Waals surface area contributed by atoms with Crippen molar-refractivity contribution in [3.8, 4) is 22.5 Å². The number of hydrogen-bond donors (Lipinski definition) is 2. The van der Waals surface area contributed by atoms with Crippen LogP contribution in [0.3, 0.4) is 0 Å². The van der Waals surface area contributed by atoms with E-state index in [1.165, 1.54) is 0 Å². The van der Waals surface area contributed by atoms with E-state index in [2.05, 4.69) is 4.72 Å². The number of Topliss-reactive ketones (excluding diaryl/α,β-unsaturated/α-hetero) is 1. The Morgan fingerprint density at radius 3 is 2.10 bits per heavy atom. The molecule has 1 heterocycles. The number of thiol groups is 1. The molecule has 5 nitrogen and oxygen atoms in total. The first kappa shape index (κ1) is 19.7. The second-order valence-electron chi connectivity index (χ2n) is 7.35. The Balaban J connectivity index is 1.88. The van der Waals surface area contributed by atoms with Gasteiger partial charge in [0.1, 0.15) is 0 Å². The first-order valence-corrected chi connectivity index (χ1v) is 10.9. The summed E-state index contributed by atoms with van der Waals surface area (Å²) in [6.45, 7) is 1.99. The zero-order valence-electron chi connectivity index (χ0n) is 16.1. The molecule has 7 heteroatoms. The zero-order chi connectivity index (χ0) is 20.7. The molecule has 4 rings (SSSR count). The molecule has 0 saturated heterocycles. The van der Waals surface area contributed by atoms with Crippen molar-refractivity contribution in [1.29, 1.82) is 0 Å².